The van der Waals surface area contributed by atoms with Crippen molar-refractivity contribution in [2.45, 2.75) is 25.8 Å². The molecule has 1 heterocycles. The maximum Gasteiger partial charge on any atom is 0.142 e. The zero-order valence-electron chi connectivity index (χ0n) is 11.2. The van der Waals surface area contributed by atoms with Gasteiger partial charge < -0.3 is 5.32 Å². The largest absolute Gasteiger partial charge is 0.314 e. The third-order valence-corrected chi connectivity index (χ3v) is 3.79. The van der Waals surface area contributed by atoms with Crippen molar-refractivity contribution in [1.82, 2.24) is 10.2 Å². The number of nitrogens with one attached hydrogen (secondary N) is 1. The summed E-state index contributed by atoms with van der Waals surface area (Å²) >= 11 is 5.75. The van der Waals surface area contributed by atoms with Crippen LogP contribution in [0.5, 0.6) is 0 Å². The molecule has 1 N–H and O–H groups in total. The molecule has 2 rings (SSSR count). The average molecular weight is 307 g/mol. The Bertz CT molecular complexity index is 395. The van der Waals surface area contributed by atoms with Crippen molar-refractivity contribution in [2.75, 3.05) is 26.2 Å². The van der Waals surface area contributed by atoms with Crippen molar-refractivity contribution < 1.29 is 4.39 Å². The number of rotatable bonds is 4. The van der Waals surface area contributed by atoms with E-state index in [0.717, 1.165) is 44.6 Å². The summed E-state index contributed by atoms with van der Waals surface area (Å²) in [5.41, 5.74) is 1.04. The topological polar surface area (TPSA) is 15.3 Å². The fourth-order valence-electron chi connectivity index (χ4n) is 2.55. The van der Waals surface area contributed by atoms with Gasteiger partial charge in [0, 0.05) is 32.2 Å². The van der Waals surface area contributed by atoms with E-state index >= 15 is 0 Å². The van der Waals surface area contributed by atoms with Crippen molar-refractivity contribution in [3.8, 4) is 0 Å². The first-order valence-corrected chi connectivity index (χ1v) is 7.00. The Morgan fingerprint density at radius 3 is 2.63 bits per heavy atom. The SMILES string of the molecule is CCC[C@@H](c1ccc(Cl)c(F)c1)N1CCNCC1.Cl. The quantitative estimate of drug-likeness (QED) is 0.913. The van der Waals surface area contributed by atoms with Gasteiger partial charge in [-0.15, -0.1) is 12.4 Å². The number of hydrogen-bond donors (Lipinski definition) is 1. The van der Waals surface area contributed by atoms with Crippen molar-refractivity contribution in [3.63, 3.8) is 0 Å². The lowest BCUT2D eigenvalue weighted by atomic mass is 10.00. The number of hydrogen-bond acceptors (Lipinski definition) is 2. The van der Waals surface area contributed by atoms with E-state index in [9.17, 15) is 4.39 Å². The third-order valence-electron chi connectivity index (χ3n) is 3.48. The van der Waals surface area contributed by atoms with E-state index in [0.29, 0.717) is 6.04 Å². The molecular formula is C14H21Cl2FN2. The van der Waals surface area contributed by atoms with Crippen LogP contribution in [-0.2, 0) is 0 Å². The van der Waals surface area contributed by atoms with E-state index in [1.165, 1.54) is 0 Å². The van der Waals surface area contributed by atoms with Crippen LogP contribution in [0.3, 0.4) is 0 Å². The molecule has 1 atom stereocenters. The van der Waals surface area contributed by atoms with Gasteiger partial charge >= 0.3 is 0 Å². The van der Waals surface area contributed by atoms with Crippen molar-refractivity contribution in [1.29, 1.82) is 0 Å². The number of halogens is 3. The molecule has 0 unspecified atom stereocenters. The summed E-state index contributed by atoms with van der Waals surface area (Å²) in [6.45, 7) is 6.23. The molecule has 0 aliphatic carbocycles. The normalized spacial score (nSPS) is 17.8. The zero-order chi connectivity index (χ0) is 13.0. The van der Waals surface area contributed by atoms with Gasteiger partial charge in [0.25, 0.3) is 0 Å². The lowest BCUT2D eigenvalue weighted by molar-refractivity contribution is 0.164. The molecule has 1 aromatic carbocycles. The summed E-state index contributed by atoms with van der Waals surface area (Å²) in [5, 5.41) is 3.55. The molecule has 0 amide bonds. The van der Waals surface area contributed by atoms with Crippen LogP contribution in [0.25, 0.3) is 0 Å². The van der Waals surface area contributed by atoms with E-state index in [2.05, 4.69) is 17.1 Å². The first-order valence-electron chi connectivity index (χ1n) is 6.62. The van der Waals surface area contributed by atoms with Crippen molar-refractivity contribution in [2.24, 2.45) is 0 Å². The molecule has 1 fully saturated rings. The van der Waals surface area contributed by atoms with E-state index in [4.69, 9.17) is 11.6 Å². The maximum atomic E-state index is 13.6. The Balaban J connectivity index is 0.00000180. The lowest BCUT2D eigenvalue weighted by Gasteiger charge is -2.35. The predicted molar refractivity (Wildman–Crippen MR) is 80.7 cm³/mol. The fraction of sp³-hybridized carbons (Fsp3) is 0.571. The second-order valence-corrected chi connectivity index (χ2v) is 5.17. The molecule has 1 aliphatic heterocycles. The minimum Gasteiger partial charge on any atom is -0.314 e. The highest BCUT2D eigenvalue weighted by Crippen LogP contribution is 2.28. The van der Waals surface area contributed by atoms with Crippen LogP contribution in [0.2, 0.25) is 5.02 Å². The van der Waals surface area contributed by atoms with Gasteiger partial charge in [-0.2, -0.15) is 0 Å². The second-order valence-electron chi connectivity index (χ2n) is 4.76. The molecule has 0 radical (unpaired) electrons. The van der Waals surface area contributed by atoms with Gasteiger partial charge in [-0.1, -0.05) is 31.0 Å². The summed E-state index contributed by atoms with van der Waals surface area (Å²) in [5.74, 6) is -0.314. The molecular weight excluding hydrogens is 286 g/mol. The van der Waals surface area contributed by atoms with E-state index in [1.807, 2.05) is 6.07 Å². The van der Waals surface area contributed by atoms with Crippen LogP contribution < -0.4 is 5.32 Å². The fourth-order valence-corrected chi connectivity index (χ4v) is 2.66. The van der Waals surface area contributed by atoms with Crippen molar-refractivity contribution in [3.05, 3.63) is 34.6 Å². The van der Waals surface area contributed by atoms with Crippen molar-refractivity contribution >= 4 is 24.0 Å². The molecule has 1 aromatic rings. The van der Waals surface area contributed by atoms with Gasteiger partial charge in [-0.3, -0.25) is 4.90 Å². The van der Waals surface area contributed by atoms with E-state index in [-0.39, 0.29) is 23.2 Å². The van der Waals surface area contributed by atoms with Gasteiger partial charge in [0.05, 0.1) is 5.02 Å². The first-order chi connectivity index (χ1) is 8.72. The molecule has 0 spiro atoms. The number of nitrogens with zero attached hydrogens (tertiary/aromatic N) is 1. The molecule has 1 aliphatic rings. The standard InChI is InChI=1S/C14H20ClFN2.ClH/c1-2-3-14(18-8-6-17-7-9-18)11-4-5-12(15)13(16)10-11;/h4-5,10,14,17H,2-3,6-9H2,1H3;1H/t14-;/m0./s1. The predicted octanol–water partition coefficient (Wildman–Crippen LogP) is 3.65. The van der Waals surface area contributed by atoms with Crippen LogP contribution in [0.4, 0.5) is 4.39 Å². The highest BCUT2D eigenvalue weighted by molar-refractivity contribution is 6.30. The summed E-state index contributed by atoms with van der Waals surface area (Å²) in [6, 6.07) is 5.51. The molecule has 0 saturated carbocycles. The van der Waals surface area contributed by atoms with E-state index < -0.39 is 0 Å². The zero-order valence-corrected chi connectivity index (χ0v) is 12.7. The summed E-state index contributed by atoms with van der Waals surface area (Å²) in [7, 11) is 0. The smallest absolute Gasteiger partial charge is 0.142 e. The molecule has 0 aromatic heterocycles. The first kappa shape index (κ1) is 16.7. The Hall–Kier alpha value is -0.350. The molecule has 2 nitrogen and oxygen atoms in total. The number of benzene rings is 1. The average Bonchev–Trinajstić information content (AvgIpc) is 2.40. The summed E-state index contributed by atoms with van der Waals surface area (Å²) in [6.07, 6.45) is 2.15. The van der Waals surface area contributed by atoms with Crippen LogP contribution in [0, 0.1) is 5.82 Å². The van der Waals surface area contributed by atoms with Crippen LogP contribution in [-0.4, -0.2) is 31.1 Å². The molecule has 1 saturated heterocycles. The molecule has 108 valence electrons. The van der Waals surface area contributed by atoms with Gasteiger partial charge in [0.15, 0.2) is 0 Å². The van der Waals surface area contributed by atoms with Gasteiger partial charge in [0.1, 0.15) is 5.82 Å². The molecule has 19 heavy (non-hydrogen) atoms. The summed E-state index contributed by atoms with van der Waals surface area (Å²) < 4.78 is 13.6. The Kier molecular flexibility index (Phi) is 7.08. The minimum absolute atomic E-state index is 0. The Labute approximate surface area is 125 Å². The lowest BCUT2D eigenvalue weighted by Crippen LogP contribution is -2.45. The second kappa shape index (κ2) is 8.05. The van der Waals surface area contributed by atoms with Crippen LogP contribution >= 0.6 is 24.0 Å². The van der Waals surface area contributed by atoms with Gasteiger partial charge in [0.2, 0.25) is 0 Å². The van der Waals surface area contributed by atoms with Gasteiger partial charge in [-0.05, 0) is 24.1 Å². The summed E-state index contributed by atoms with van der Waals surface area (Å²) in [4.78, 5) is 2.43. The monoisotopic (exact) mass is 306 g/mol. The molecule has 5 heteroatoms. The van der Waals surface area contributed by atoms with E-state index in [1.54, 1.807) is 12.1 Å². The number of piperazine rings is 1. The van der Waals surface area contributed by atoms with Gasteiger partial charge in [-0.25, -0.2) is 4.39 Å². The highest BCUT2D eigenvalue weighted by Gasteiger charge is 2.21. The van der Waals surface area contributed by atoms with Crippen LogP contribution in [0.15, 0.2) is 18.2 Å². The van der Waals surface area contributed by atoms with Crippen LogP contribution in [0.1, 0.15) is 31.4 Å². The Morgan fingerprint density at radius 2 is 2.05 bits per heavy atom. The Morgan fingerprint density at radius 1 is 1.37 bits per heavy atom. The maximum absolute atomic E-state index is 13.6. The molecule has 0 bridgehead atoms. The highest BCUT2D eigenvalue weighted by atomic mass is 35.5. The third kappa shape index (κ3) is 4.32. The minimum atomic E-state index is -0.314.